The Labute approximate surface area is 109 Å². The normalized spacial score (nSPS) is 10.7. The molecule has 0 atom stereocenters. The van der Waals surface area contributed by atoms with Gasteiger partial charge in [0.25, 0.3) is 0 Å². The first-order chi connectivity index (χ1) is 8.86. The van der Waals surface area contributed by atoms with Gasteiger partial charge < -0.3 is 4.74 Å². The van der Waals surface area contributed by atoms with Crippen LogP contribution in [-0.4, -0.2) is 25.1 Å². The van der Waals surface area contributed by atoms with Gasteiger partial charge in [-0.1, -0.05) is 30.3 Å². The first kappa shape index (κ1) is 14.3. The van der Waals surface area contributed by atoms with Crippen LogP contribution in [0.25, 0.3) is 0 Å². The summed E-state index contributed by atoms with van der Waals surface area (Å²) >= 11 is 0. The summed E-state index contributed by atoms with van der Waals surface area (Å²) in [6.07, 6.45) is 5.72. The van der Waals surface area contributed by atoms with Gasteiger partial charge in [0, 0.05) is 6.54 Å². The highest BCUT2D eigenvalue weighted by Crippen LogP contribution is 2.05. The van der Waals surface area contributed by atoms with Crippen LogP contribution in [0.3, 0.4) is 0 Å². The van der Waals surface area contributed by atoms with Crippen LogP contribution in [0, 0.1) is 11.3 Å². The van der Waals surface area contributed by atoms with Gasteiger partial charge in [-0.25, -0.2) is 0 Å². The maximum atomic E-state index is 8.83. The third-order valence-corrected chi connectivity index (χ3v) is 2.62. The summed E-state index contributed by atoms with van der Waals surface area (Å²) in [5.74, 6) is 0. The summed E-state index contributed by atoms with van der Waals surface area (Å²) in [4.78, 5) is 2.16. The zero-order chi connectivity index (χ0) is 13.1. The number of hydrogen-bond donors (Lipinski definition) is 0. The van der Waals surface area contributed by atoms with E-state index in [1.54, 1.807) is 13.4 Å². The van der Waals surface area contributed by atoms with E-state index < -0.39 is 0 Å². The second-order valence-electron chi connectivity index (χ2n) is 4.10. The number of ether oxygens (including phenoxy) is 1. The number of nitriles is 1. The Hall–Kier alpha value is -1.79. The summed E-state index contributed by atoms with van der Waals surface area (Å²) in [5, 5.41) is 8.83. The molecule has 0 fully saturated rings. The molecule has 1 aromatic rings. The number of allylic oxidation sites excluding steroid dienone is 1. The van der Waals surface area contributed by atoms with Gasteiger partial charge in [0.05, 0.1) is 26.0 Å². The summed E-state index contributed by atoms with van der Waals surface area (Å²) < 4.78 is 4.85. The molecule has 0 saturated carbocycles. The lowest BCUT2D eigenvalue weighted by Crippen LogP contribution is -2.24. The van der Waals surface area contributed by atoms with E-state index in [9.17, 15) is 0 Å². The lowest BCUT2D eigenvalue weighted by molar-refractivity contribution is 0.293. The van der Waals surface area contributed by atoms with Crippen LogP contribution in [0.4, 0.5) is 0 Å². The van der Waals surface area contributed by atoms with Crippen molar-refractivity contribution in [3.8, 4) is 6.07 Å². The molecule has 18 heavy (non-hydrogen) atoms. The first-order valence-electron chi connectivity index (χ1n) is 6.18. The smallest absolute Gasteiger partial charge is 0.0868 e. The molecular weight excluding hydrogens is 224 g/mol. The molecule has 1 aromatic carbocycles. The van der Waals surface area contributed by atoms with Crippen LogP contribution in [0.1, 0.15) is 18.4 Å². The molecule has 0 aromatic heterocycles. The summed E-state index contributed by atoms with van der Waals surface area (Å²) in [6.45, 7) is 2.24. The Morgan fingerprint density at radius 3 is 2.78 bits per heavy atom. The monoisotopic (exact) mass is 244 g/mol. The van der Waals surface area contributed by atoms with E-state index in [1.165, 1.54) is 5.56 Å². The van der Waals surface area contributed by atoms with Crippen molar-refractivity contribution in [1.29, 1.82) is 5.26 Å². The Morgan fingerprint density at radius 1 is 1.33 bits per heavy atom. The topological polar surface area (TPSA) is 36.3 Å². The highest BCUT2D eigenvalue weighted by atomic mass is 16.5. The van der Waals surface area contributed by atoms with E-state index in [0.29, 0.717) is 6.54 Å². The maximum Gasteiger partial charge on any atom is 0.0868 e. The molecule has 0 N–H and O–H groups in total. The standard InChI is InChI=1S/C15H20N2O/c1-18-13-7-3-6-11-17(12-10-16)14-15-8-4-2-5-9-15/h2,4-5,7-9,13H,3,6,11-12,14H2,1H3. The van der Waals surface area contributed by atoms with Crippen molar-refractivity contribution < 1.29 is 4.74 Å². The highest BCUT2D eigenvalue weighted by Gasteiger charge is 2.04. The molecule has 3 heteroatoms. The van der Waals surface area contributed by atoms with Gasteiger partial charge in [-0.05, 0) is 31.0 Å². The van der Waals surface area contributed by atoms with Crippen molar-refractivity contribution in [3.05, 3.63) is 48.2 Å². The fourth-order valence-corrected chi connectivity index (χ4v) is 1.75. The van der Waals surface area contributed by atoms with Gasteiger partial charge in [0.15, 0.2) is 0 Å². The third kappa shape index (κ3) is 6.07. The SMILES string of the molecule is COC=CCCCN(CC#N)Cc1ccccc1. The molecule has 0 spiro atoms. The Balaban J connectivity index is 2.36. The minimum absolute atomic E-state index is 0.475. The van der Waals surface area contributed by atoms with Crippen molar-refractivity contribution in [2.24, 2.45) is 0 Å². The Bertz CT molecular complexity index is 381. The quantitative estimate of drug-likeness (QED) is 0.401. The average Bonchev–Trinajstić information content (AvgIpc) is 2.40. The zero-order valence-electron chi connectivity index (χ0n) is 10.9. The highest BCUT2D eigenvalue weighted by molar-refractivity contribution is 5.14. The molecule has 0 aliphatic rings. The molecule has 0 bridgehead atoms. The molecule has 0 radical (unpaired) electrons. The molecule has 3 nitrogen and oxygen atoms in total. The largest absolute Gasteiger partial charge is 0.505 e. The molecule has 0 aliphatic heterocycles. The average molecular weight is 244 g/mol. The van der Waals surface area contributed by atoms with Gasteiger partial charge in [-0.15, -0.1) is 0 Å². The number of nitrogens with zero attached hydrogens (tertiary/aromatic N) is 2. The van der Waals surface area contributed by atoms with E-state index >= 15 is 0 Å². The van der Waals surface area contributed by atoms with Crippen molar-refractivity contribution >= 4 is 0 Å². The van der Waals surface area contributed by atoms with Crippen LogP contribution in [0.5, 0.6) is 0 Å². The van der Waals surface area contributed by atoms with E-state index in [4.69, 9.17) is 10.00 Å². The number of methoxy groups -OCH3 is 1. The lowest BCUT2D eigenvalue weighted by atomic mass is 10.2. The second kappa shape index (κ2) is 9.26. The third-order valence-electron chi connectivity index (χ3n) is 2.62. The molecule has 0 heterocycles. The molecular formula is C15H20N2O. The molecule has 0 amide bonds. The summed E-state index contributed by atoms with van der Waals surface area (Å²) in [5.41, 5.74) is 1.25. The van der Waals surface area contributed by atoms with Crippen LogP contribution < -0.4 is 0 Å². The number of benzene rings is 1. The molecule has 0 unspecified atom stereocenters. The summed E-state index contributed by atoms with van der Waals surface area (Å²) in [6, 6.07) is 12.5. The van der Waals surface area contributed by atoms with E-state index in [-0.39, 0.29) is 0 Å². The number of rotatable bonds is 8. The van der Waals surface area contributed by atoms with Gasteiger partial charge in [-0.3, -0.25) is 4.90 Å². The Morgan fingerprint density at radius 2 is 2.11 bits per heavy atom. The van der Waals surface area contributed by atoms with Gasteiger partial charge in [0.2, 0.25) is 0 Å². The maximum absolute atomic E-state index is 8.83. The van der Waals surface area contributed by atoms with E-state index in [1.807, 2.05) is 24.3 Å². The molecule has 0 aliphatic carbocycles. The molecule has 1 rings (SSSR count). The number of unbranched alkanes of at least 4 members (excludes halogenated alkanes) is 1. The van der Waals surface area contributed by atoms with Crippen LogP contribution in [0.2, 0.25) is 0 Å². The van der Waals surface area contributed by atoms with Crippen molar-refractivity contribution in [2.45, 2.75) is 19.4 Å². The minimum atomic E-state index is 0.475. The lowest BCUT2D eigenvalue weighted by Gasteiger charge is -2.18. The first-order valence-corrected chi connectivity index (χ1v) is 6.18. The second-order valence-corrected chi connectivity index (χ2v) is 4.10. The van der Waals surface area contributed by atoms with Crippen molar-refractivity contribution in [2.75, 3.05) is 20.2 Å². The van der Waals surface area contributed by atoms with Gasteiger partial charge in [-0.2, -0.15) is 5.26 Å². The Kier molecular flexibility index (Phi) is 7.34. The van der Waals surface area contributed by atoms with Crippen molar-refractivity contribution in [1.82, 2.24) is 4.90 Å². The molecule has 0 saturated heterocycles. The predicted molar refractivity (Wildman–Crippen MR) is 72.7 cm³/mol. The minimum Gasteiger partial charge on any atom is -0.505 e. The van der Waals surface area contributed by atoms with E-state index in [2.05, 4.69) is 23.1 Å². The number of hydrogen-bond acceptors (Lipinski definition) is 3. The van der Waals surface area contributed by atoms with Gasteiger partial charge in [0.1, 0.15) is 0 Å². The van der Waals surface area contributed by atoms with Crippen molar-refractivity contribution in [3.63, 3.8) is 0 Å². The fourth-order valence-electron chi connectivity index (χ4n) is 1.75. The van der Waals surface area contributed by atoms with E-state index in [0.717, 1.165) is 25.9 Å². The fraction of sp³-hybridized carbons (Fsp3) is 0.400. The molecule has 96 valence electrons. The predicted octanol–water partition coefficient (Wildman–Crippen LogP) is 2.95. The van der Waals surface area contributed by atoms with Crippen LogP contribution in [0.15, 0.2) is 42.7 Å². The zero-order valence-corrected chi connectivity index (χ0v) is 10.9. The van der Waals surface area contributed by atoms with Gasteiger partial charge >= 0.3 is 0 Å². The van der Waals surface area contributed by atoms with Crippen LogP contribution >= 0.6 is 0 Å². The van der Waals surface area contributed by atoms with Crippen LogP contribution in [-0.2, 0) is 11.3 Å². The summed E-state index contributed by atoms with van der Waals surface area (Å²) in [7, 11) is 1.65.